The number of ether oxygens (including phenoxy) is 1. The highest BCUT2D eigenvalue weighted by Gasteiger charge is 2.13. The summed E-state index contributed by atoms with van der Waals surface area (Å²) in [7, 11) is 1.65. The first-order chi connectivity index (χ1) is 11.2. The normalized spacial score (nSPS) is 11.8. The maximum Gasteiger partial charge on any atom is 0.241 e. The summed E-state index contributed by atoms with van der Waals surface area (Å²) in [5, 5.41) is 2.88. The molecule has 3 N–H and O–H groups in total. The van der Waals surface area contributed by atoms with Gasteiger partial charge in [-0.05, 0) is 42.2 Å². The fraction of sp³-hybridized carbons (Fsp3) is 0.278. The molecule has 0 aromatic heterocycles. The third-order valence-electron chi connectivity index (χ3n) is 3.52. The van der Waals surface area contributed by atoms with Crippen LogP contribution >= 0.6 is 11.8 Å². The van der Waals surface area contributed by atoms with Crippen LogP contribution in [0, 0.1) is 0 Å². The number of anilines is 1. The molecule has 2 aromatic carbocycles. The van der Waals surface area contributed by atoms with E-state index in [4.69, 9.17) is 10.5 Å². The molecule has 2 aromatic rings. The molecule has 0 aliphatic heterocycles. The topological polar surface area (TPSA) is 64.3 Å². The smallest absolute Gasteiger partial charge is 0.241 e. The number of methoxy groups -OCH3 is 1. The first kappa shape index (κ1) is 17.4. The molecule has 0 aliphatic carbocycles. The van der Waals surface area contributed by atoms with E-state index in [0.717, 1.165) is 28.3 Å². The molecular weight excluding hydrogens is 308 g/mol. The molecule has 0 aliphatic rings. The zero-order chi connectivity index (χ0) is 16.7. The number of carbonyl (C=O) groups is 1. The van der Waals surface area contributed by atoms with Crippen LogP contribution in [0.15, 0.2) is 48.5 Å². The summed E-state index contributed by atoms with van der Waals surface area (Å²) in [4.78, 5) is 12.1. The van der Waals surface area contributed by atoms with Crippen molar-refractivity contribution in [3.63, 3.8) is 0 Å². The van der Waals surface area contributed by atoms with Crippen molar-refractivity contribution in [2.75, 3.05) is 24.4 Å². The number of hydrogen-bond donors (Lipinski definition) is 2. The van der Waals surface area contributed by atoms with Crippen LogP contribution in [0.2, 0.25) is 0 Å². The SMILES string of the molecule is COc1ccccc1-c1cccc(NC(=O)[C@@H](N)CCSC)c1. The summed E-state index contributed by atoms with van der Waals surface area (Å²) in [5.74, 6) is 1.51. The van der Waals surface area contributed by atoms with E-state index in [1.807, 2.05) is 54.8 Å². The van der Waals surface area contributed by atoms with E-state index in [-0.39, 0.29) is 5.91 Å². The van der Waals surface area contributed by atoms with Crippen molar-refractivity contribution in [3.8, 4) is 16.9 Å². The van der Waals surface area contributed by atoms with Crippen molar-refractivity contribution in [1.29, 1.82) is 0 Å². The van der Waals surface area contributed by atoms with Crippen molar-refractivity contribution in [2.24, 2.45) is 5.73 Å². The Morgan fingerprint density at radius 2 is 2.04 bits per heavy atom. The second kappa shape index (κ2) is 8.60. The van der Waals surface area contributed by atoms with Crippen LogP contribution in [0.25, 0.3) is 11.1 Å². The lowest BCUT2D eigenvalue weighted by atomic mass is 10.0. The molecule has 0 unspecified atom stereocenters. The van der Waals surface area contributed by atoms with Crippen LogP contribution in [0.3, 0.4) is 0 Å². The summed E-state index contributed by atoms with van der Waals surface area (Å²) in [5.41, 5.74) is 8.60. The number of amides is 1. The summed E-state index contributed by atoms with van der Waals surface area (Å²) in [6.45, 7) is 0. The largest absolute Gasteiger partial charge is 0.496 e. The van der Waals surface area contributed by atoms with E-state index in [0.29, 0.717) is 6.42 Å². The maximum atomic E-state index is 12.1. The third-order valence-corrected chi connectivity index (χ3v) is 4.16. The second-order valence-electron chi connectivity index (χ2n) is 5.16. The molecule has 4 nitrogen and oxygen atoms in total. The highest BCUT2D eigenvalue weighted by molar-refractivity contribution is 7.98. The molecule has 1 atom stereocenters. The van der Waals surface area contributed by atoms with E-state index < -0.39 is 6.04 Å². The molecular formula is C18H22N2O2S. The van der Waals surface area contributed by atoms with Crippen molar-refractivity contribution in [2.45, 2.75) is 12.5 Å². The Hall–Kier alpha value is -1.98. The van der Waals surface area contributed by atoms with Gasteiger partial charge in [0.15, 0.2) is 0 Å². The van der Waals surface area contributed by atoms with E-state index in [9.17, 15) is 4.79 Å². The number of nitrogens with two attached hydrogens (primary N) is 1. The molecule has 0 saturated carbocycles. The van der Waals surface area contributed by atoms with Crippen molar-refractivity contribution < 1.29 is 9.53 Å². The van der Waals surface area contributed by atoms with Gasteiger partial charge in [-0.15, -0.1) is 0 Å². The lowest BCUT2D eigenvalue weighted by Crippen LogP contribution is -2.36. The molecule has 1 amide bonds. The molecule has 122 valence electrons. The highest BCUT2D eigenvalue weighted by Crippen LogP contribution is 2.30. The first-order valence-corrected chi connectivity index (χ1v) is 8.84. The summed E-state index contributed by atoms with van der Waals surface area (Å²) in [6, 6.07) is 15.0. The number of carbonyl (C=O) groups excluding carboxylic acids is 1. The van der Waals surface area contributed by atoms with Crippen LogP contribution in [0.4, 0.5) is 5.69 Å². The number of thioether (sulfide) groups is 1. The highest BCUT2D eigenvalue weighted by atomic mass is 32.2. The Balaban J connectivity index is 2.15. The van der Waals surface area contributed by atoms with E-state index in [1.54, 1.807) is 18.9 Å². The lowest BCUT2D eigenvalue weighted by Gasteiger charge is -2.13. The summed E-state index contributed by atoms with van der Waals surface area (Å²) >= 11 is 1.68. The van der Waals surface area contributed by atoms with Crippen LogP contribution in [0.5, 0.6) is 5.75 Å². The minimum absolute atomic E-state index is 0.156. The van der Waals surface area contributed by atoms with E-state index >= 15 is 0 Å². The summed E-state index contributed by atoms with van der Waals surface area (Å²) < 4.78 is 5.39. The summed E-state index contributed by atoms with van der Waals surface area (Å²) in [6.07, 6.45) is 2.67. The Kier molecular flexibility index (Phi) is 6.50. The van der Waals surface area contributed by atoms with Gasteiger partial charge in [0.2, 0.25) is 5.91 Å². The van der Waals surface area contributed by atoms with Crippen LogP contribution in [-0.2, 0) is 4.79 Å². The molecule has 2 rings (SSSR count). The quantitative estimate of drug-likeness (QED) is 0.817. The number of rotatable bonds is 7. The van der Waals surface area contributed by atoms with Crippen molar-refractivity contribution >= 4 is 23.4 Å². The van der Waals surface area contributed by atoms with Gasteiger partial charge in [-0.2, -0.15) is 11.8 Å². The van der Waals surface area contributed by atoms with Gasteiger partial charge in [0.05, 0.1) is 13.2 Å². The van der Waals surface area contributed by atoms with Gasteiger partial charge in [0, 0.05) is 11.3 Å². The van der Waals surface area contributed by atoms with E-state index in [1.165, 1.54) is 0 Å². The molecule has 0 spiro atoms. The predicted octanol–water partition coefficient (Wildman–Crippen LogP) is 3.38. The van der Waals surface area contributed by atoms with Gasteiger partial charge < -0.3 is 15.8 Å². The van der Waals surface area contributed by atoms with Gasteiger partial charge in [-0.1, -0.05) is 30.3 Å². The molecule has 0 fully saturated rings. The Morgan fingerprint density at radius 3 is 2.78 bits per heavy atom. The maximum absolute atomic E-state index is 12.1. The average molecular weight is 330 g/mol. The number of benzene rings is 2. The van der Waals surface area contributed by atoms with Gasteiger partial charge in [0.1, 0.15) is 5.75 Å². The minimum Gasteiger partial charge on any atom is -0.496 e. The zero-order valence-corrected chi connectivity index (χ0v) is 14.2. The van der Waals surface area contributed by atoms with Gasteiger partial charge >= 0.3 is 0 Å². The van der Waals surface area contributed by atoms with E-state index in [2.05, 4.69) is 5.32 Å². The van der Waals surface area contributed by atoms with Gasteiger partial charge in [-0.25, -0.2) is 0 Å². The molecule has 0 bridgehead atoms. The Labute approximate surface area is 141 Å². The average Bonchev–Trinajstić information content (AvgIpc) is 2.59. The molecule has 5 heteroatoms. The van der Waals surface area contributed by atoms with Crippen molar-refractivity contribution in [3.05, 3.63) is 48.5 Å². The Morgan fingerprint density at radius 1 is 1.26 bits per heavy atom. The van der Waals surface area contributed by atoms with Gasteiger partial charge in [0.25, 0.3) is 0 Å². The Bertz CT molecular complexity index is 661. The molecule has 23 heavy (non-hydrogen) atoms. The second-order valence-corrected chi connectivity index (χ2v) is 6.14. The standard InChI is InChI=1S/C18H22N2O2S/c1-22-17-9-4-3-8-15(17)13-6-5-7-14(12-13)20-18(21)16(19)10-11-23-2/h3-9,12,16H,10-11,19H2,1-2H3,(H,20,21)/t16-/m0/s1. The first-order valence-electron chi connectivity index (χ1n) is 7.44. The number of nitrogens with one attached hydrogen (secondary N) is 1. The molecule has 0 saturated heterocycles. The molecule has 0 heterocycles. The monoisotopic (exact) mass is 330 g/mol. The minimum atomic E-state index is -0.489. The predicted molar refractivity (Wildman–Crippen MR) is 98.0 cm³/mol. The van der Waals surface area contributed by atoms with Crippen LogP contribution < -0.4 is 15.8 Å². The molecule has 0 radical (unpaired) electrons. The van der Waals surface area contributed by atoms with Gasteiger partial charge in [-0.3, -0.25) is 4.79 Å². The third kappa shape index (κ3) is 4.74. The fourth-order valence-electron chi connectivity index (χ4n) is 2.26. The fourth-order valence-corrected chi connectivity index (χ4v) is 2.75. The van der Waals surface area contributed by atoms with Crippen LogP contribution in [0.1, 0.15) is 6.42 Å². The zero-order valence-electron chi connectivity index (χ0n) is 13.4. The van der Waals surface area contributed by atoms with Crippen molar-refractivity contribution in [1.82, 2.24) is 0 Å². The number of para-hydroxylation sites is 1. The lowest BCUT2D eigenvalue weighted by molar-refractivity contribution is -0.117. The van der Waals surface area contributed by atoms with Crippen LogP contribution in [-0.4, -0.2) is 31.1 Å². The number of hydrogen-bond acceptors (Lipinski definition) is 4.